The van der Waals surface area contributed by atoms with Gasteiger partial charge < -0.3 is 10.1 Å². The lowest BCUT2D eigenvalue weighted by molar-refractivity contribution is 0.291. The molecule has 0 spiro atoms. The molecule has 0 atom stereocenters. The van der Waals surface area contributed by atoms with Crippen LogP contribution in [0.2, 0.25) is 0 Å². The van der Waals surface area contributed by atoms with E-state index in [0.29, 0.717) is 0 Å². The smallest absolute Gasteiger partial charge is 0.123 e. The predicted octanol–water partition coefficient (Wildman–Crippen LogP) is 2.40. The molecule has 0 aliphatic carbocycles. The normalized spacial score (nSPS) is 17.8. The fourth-order valence-electron chi connectivity index (χ4n) is 1.68. The van der Waals surface area contributed by atoms with Crippen molar-refractivity contribution in [3.8, 4) is 5.75 Å². The van der Waals surface area contributed by atoms with Crippen molar-refractivity contribution in [3.63, 3.8) is 0 Å². The maximum Gasteiger partial charge on any atom is 0.123 e. The third-order valence-corrected chi connectivity index (χ3v) is 2.59. The van der Waals surface area contributed by atoms with Gasteiger partial charge in [-0.25, -0.2) is 0 Å². The van der Waals surface area contributed by atoms with Crippen LogP contribution in [0.15, 0.2) is 18.2 Å². The van der Waals surface area contributed by atoms with Crippen molar-refractivity contribution in [3.05, 3.63) is 23.8 Å². The lowest BCUT2D eigenvalue weighted by atomic mass is 9.87. The summed E-state index contributed by atoms with van der Waals surface area (Å²) in [5.41, 5.74) is 2.61. The van der Waals surface area contributed by atoms with E-state index >= 15 is 0 Å². The molecule has 0 saturated carbocycles. The number of benzene rings is 1. The molecule has 1 aromatic carbocycles. The molecule has 2 nitrogen and oxygen atoms in total. The molecule has 1 heterocycles. The zero-order valence-corrected chi connectivity index (χ0v) is 8.35. The minimum absolute atomic E-state index is 0.155. The summed E-state index contributed by atoms with van der Waals surface area (Å²) in [6.45, 7) is 5.20. The second kappa shape index (κ2) is 2.66. The summed E-state index contributed by atoms with van der Waals surface area (Å²) in [4.78, 5) is 0. The Morgan fingerprint density at radius 2 is 2.15 bits per heavy atom. The molecule has 1 aliphatic rings. The van der Waals surface area contributed by atoms with E-state index in [4.69, 9.17) is 4.74 Å². The lowest BCUT2D eigenvalue weighted by Gasteiger charge is -2.15. The van der Waals surface area contributed by atoms with Gasteiger partial charge in [-0.2, -0.15) is 0 Å². The topological polar surface area (TPSA) is 21.3 Å². The molecule has 0 unspecified atom stereocenters. The highest BCUT2D eigenvalue weighted by atomic mass is 16.5. The van der Waals surface area contributed by atoms with Crippen molar-refractivity contribution >= 4 is 5.69 Å². The molecule has 2 heteroatoms. The third kappa shape index (κ3) is 1.26. The molecular weight excluding hydrogens is 162 g/mol. The van der Waals surface area contributed by atoms with Crippen molar-refractivity contribution in [2.75, 3.05) is 19.0 Å². The number of fused-ring (bicyclic) bond motifs is 1. The predicted molar refractivity (Wildman–Crippen MR) is 54.5 cm³/mol. The summed E-state index contributed by atoms with van der Waals surface area (Å²) >= 11 is 0. The maximum absolute atomic E-state index is 5.59. The Hall–Kier alpha value is -1.18. The van der Waals surface area contributed by atoms with Crippen LogP contribution in [0.1, 0.15) is 19.4 Å². The fraction of sp³-hybridized carbons (Fsp3) is 0.455. The van der Waals surface area contributed by atoms with Crippen molar-refractivity contribution in [2.24, 2.45) is 0 Å². The molecule has 1 aliphatic heterocycles. The first kappa shape index (κ1) is 8.42. The van der Waals surface area contributed by atoms with Crippen molar-refractivity contribution in [1.29, 1.82) is 0 Å². The summed E-state index contributed by atoms with van der Waals surface area (Å²) in [5, 5.41) is 3.14. The van der Waals surface area contributed by atoms with Gasteiger partial charge in [0.05, 0.1) is 6.61 Å². The number of nitrogens with one attached hydrogen (secondary N) is 1. The van der Waals surface area contributed by atoms with E-state index in [0.717, 1.165) is 18.0 Å². The molecule has 0 saturated heterocycles. The van der Waals surface area contributed by atoms with Gasteiger partial charge in [-0.15, -0.1) is 0 Å². The van der Waals surface area contributed by atoms with E-state index in [2.05, 4.69) is 25.2 Å². The SMILES string of the molecule is CNc1ccc2c(c1)C(C)(C)CO2. The van der Waals surface area contributed by atoms with E-state index in [9.17, 15) is 0 Å². The summed E-state index contributed by atoms with van der Waals surface area (Å²) in [6, 6.07) is 6.25. The van der Waals surface area contributed by atoms with Gasteiger partial charge in [0.1, 0.15) is 5.75 Å². The molecule has 70 valence electrons. The first-order valence-electron chi connectivity index (χ1n) is 4.58. The van der Waals surface area contributed by atoms with Crippen LogP contribution >= 0.6 is 0 Å². The van der Waals surface area contributed by atoms with Gasteiger partial charge in [0.2, 0.25) is 0 Å². The largest absolute Gasteiger partial charge is 0.492 e. The minimum Gasteiger partial charge on any atom is -0.492 e. The van der Waals surface area contributed by atoms with Gasteiger partial charge in [0.25, 0.3) is 0 Å². The zero-order valence-electron chi connectivity index (χ0n) is 8.35. The van der Waals surface area contributed by atoms with E-state index in [1.807, 2.05) is 19.2 Å². The Bertz CT molecular complexity index is 331. The molecule has 0 aromatic heterocycles. The summed E-state index contributed by atoms with van der Waals surface area (Å²) in [6.07, 6.45) is 0. The van der Waals surface area contributed by atoms with Crippen LogP contribution in [0, 0.1) is 0 Å². The first-order chi connectivity index (χ1) is 6.13. The molecule has 0 amide bonds. The molecular formula is C11H15NO. The van der Waals surface area contributed by atoms with Gasteiger partial charge in [0, 0.05) is 23.7 Å². The van der Waals surface area contributed by atoms with Crippen LogP contribution in [0.25, 0.3) is 0 Å². The number of hydrogen-bond acceptors (Lipinski definition) is 2. The van der Waals surface area contributed by atoms with E-state index < -0.39 is 0 Å². The van der Waals surface area contributed by atoms with Crippen LogP contribution in [-0.2, 0) is 5.41 Å². The molecule has 13 heavy (non-hydrogen) atoms. The molecule has 0 bridgehead atoms. The average molecular weight is 177 g/mol. The molecule has 0 fully saturated rings. The zero-order chi connectivity index (χ0) is 9.47. The summed E-state index contributed by atoms with van der Waals surface area (Å²) < 4.78 is 5.59. The molecule has 0 radical (unpaired) electrons. The van der Waals surface area contributed by atoms with Crippen LogP contribution in [0.3, 0.4) is 0 Å². The Kier molecular flexibility index (Phi) is 1.72. The Morgan fingerprint density at radius 1 is 1.38 bits per heavy atom. The van der Waals surface area contributed by atoms with Gasteiger partial charge in [-0.3, -0.25) is 0 Å². The Labute approximate surface area is 78.9 Å². The van der Waals surface area contributed by atoms with Crippen LogP contribution in [0.5, 0.6) is 5.75 Å². The van der Waals surface area contributed by atoms with E-state index in [1.165, 1.54) is 5.56 Å². The maximum atomic E-state index is 5.59. The molecule has 2 rings (SSSR count). The number of rotatable bonds is 1. The summed E-state index contributed by atoms with van der Waals surface area (Å²) in [5.74, 6) is 1.03. The Morgan fingerprint density at radius 3 is 2.85 bits per heavy atom. The van der Waals surface area contributed by atoms with Crippen molar-refractivity contribution < 1.29 is 4.74 Å². The number of hydrogen-bond donors (Lipinski definition) is 1. The first-order valence-corrected chi connectivity index (χ1v) is 4.58. The van der Waals surface area contributed by atoms with Crippen molar-refractivity contribution in [1.82, 2.24) is 0 Å². The Balaban J connectivity index is 2.50. The second-order valence-electron chi connectivity index (χ2n) is 4.13. The van der Waals surface area contributed by atoms with Crippen LogP contribution < -0.4 is 10.1 Å². The second-order valence-corrected chi connectivity index (χ2v) is 4.13. The number of anilines is 1. The van der Waals surface area contributed by atoms with Gasteiger partial charge in [-0.1, -0.05) is 13.8 Å². The highest BCUT2D eigenvalue weighted by Crippen LogP contribution is 2.39. The van der Waals surface area contributed by atoms with Crippen LogP contribution in [-0.4, -0.2) is 13.7 Å². The van der Waals surface area contributed by atoms with Gasteiger partial charge in [-0.05, 0) is 18.2 Å². The standard InChI is InChI=1S/C11H15NO/c1-11(2)7-13-10-5-4-8(12-3)6-9(10)11/h4-6,12H,7H2,1-3H3. The fourth-order valence-corrected chi connectivity index (χ4v) is 1.68. The summed E-state index contributed by atoms with van der Waals surface area (Å²) in [7, 11) is 1.94. The van der Waals surface area contributed by atoms with Crippen LogP contribution in [0.4, 0.5) is 5.69 Å². The van der Waals surface area contributed by atoms with E-state index in [1.54, 1.807) is 0 Å². The molecule has 1 N–H and O–H groups in total. The number of ether oxygens (including phenoxy) is 1. The quantitative estimate of drug-likeness (QED) is 0.711. The third-order valence-electron chi connectivity index (χ3n) is 2.59. The lowest BCUT2D eigenvalue weighted by Crippen LogP contribution is -2.18. The van der Waals surface area contributed by atoms with Gasteiger partial charge >= 0.3 is 0 Å². The minimum atomic E-state index is 0.155. The highest BCUT2D eigenvalue weighted by Gasteiger charge is 2.31. The molecule has 1 aromatic rings. The average Bonchev–Trinajstić information content (AvgIpc) is 2.42. The van der Waals surface area contributed by atoms with E-state index in [-0.39, 0.29) is 5.41 Å². The monoisotopic (exact) mass is 177 g/mol. The highest BCUT2D eigenvalue weighted by molar-refractivity contribution is 5.54. The van der Waals surface area contributed by atoms with Crippen molar-refractivity contribution in [2.45, 2.75) is 19.3 Å². The van der Waals surface area contributed by atoms with Gasteiger partial charge in [0.15, 0.2) is 0 Å².